The molecule has 0 spiro atoms. The molecule has 9 heteroatoms. The van der Waals surface area contributed by atoms with E-state index in [2.05, 4.69) is 15.1 Å². The van der Waals surface area contributed by atoms with Gasteiger partial charge in [0, 0.05) is 18.0 Å². The quantitative estimate of drug-likeness (QED) is 0.354. The van der Waals surface area contributed by atoms with Gasteiger partial charge >= 0.3 is 6.18 Å². The van der Waals surface area contributed by atoms with Gasteiger partial charge in [0.1, 0.15) is 22.8 Å². The first-order valence-corrected chi connectivity index (χ1v) is 9.89. The van der Waals surface area contributed by atoms with Crippen LogP contribution in [0, 0.1) is 18.6 Å². The summed E-state index contributed by atoms with van der Waals surface area (Å²) in [7, 11) is 1.69. The Morgan fingerprint density at radius 1 is 1.00 bits per heavy atom. The molecule has 0 bridgehead atoms. The van der Waals surface area contributed by atoms with E-state index in [0.29, 0.717) is 5.69 Å². The average molecular weight is 448 g/mol. The van der Waals surface area contributed by atoms with Gasteiger partial charge in [0.25, 0.3) is 0 Å². The molecule has 0 saturated heterocycles. The predicted octanol–water partition coefficient (Wildman–Crippen LogP) is 6.53. The van der Waals surface area contributed by atoms with Crippen molar-refractivity contribution >= 4 is 11.0 Å². The van der Waals surface area contributed by atoms with Crippen molar-refractivity contribution in [1.82, 2.24) is 19.7 Å². The van der Waals surface area contributed by atoms with Crippen molar-refractivity contribution in [2.24, 2.45) is 7.05 Å². The van der Waals surface area contributed by atoms with Crippen LogP contribution in [0.2, 0.25) is 0 Å². The highest BCUT2D eigenvalue weighted by Crippen LogP contribution is 2.40. The van der Waals surface area contributed by atoms with Gasteiger partial charge in [-0.3, -0.25) is 4.68 Å². The first-order chi connectivity index (χ1) is 14.8. The summed E-state index contributed by atoms with van der Waals surface area (Å²) < 4.78 is 71.8. The van der Waals surface area contributed by atoms with Crippen molar-refractivity contribution in [2.45, 2.75) is 39.3 Å². The highest BCUT2D eigenvalue weighted by atomic mass is 19.4. The van der Waals surface area contributed by atoms with Gasteiger partial charge in [-0.25, -0.2) is 13.8 Å². The molecule has 4 aromatic rings. The number of aromatic nitrogens is 4. The third kappa shape index (κ3) is 3.55. The molecule has 1 N–H and O–H groups in total. The van der Waals surface area contributed by atoms with E-state index in [4.69, 9.17) is 0 Å². The van der Waals surface area contributed by atoms with E-state index in [0.717, 1.165) is 35.5 Å². The number of aromatic amines is 1. The second-order valence-electron chi connectivity index (χ2n) is 8.80. The lowest BCUT2D eigenvalue weighted by molar-refractivity contribution is -0.136. The van der Waals surface area contributed by atoms with Crippen LogP contribution in [0.1, 0.15) is 37.6 Å². The van der Waals surface area contributed by atoms with Gasteiger partial charge in [-0.15, -0.1) is 0 Å². The molecule has 4 nitrogen and oxygen atoms in total. The van der Waals surface area contributed by atoms with Gasteiger partial charge in [0.2, 0.25) is 0 Å². The van der Waals surface area contributed by atoms with E-state index in [1.807, 2.05) is 27.7 Å². The number of alkyl halides is 3. The first kappa shape index (κ1) is 22.0. The zero-order chi connectivity index (χ0) is 23.6. The lowest BCUT2D eigenvalue weighted by atomic mass is 9.89. The molecule has 0 aliphatic heterocycles. The third-order valence-electron chi connectivity index (χ3n) is 5.36. The van der Waals surface area contributed by atoms with Gasteiger partial charge in [0.15, 0.2) is 5.82 Å². The monoisotopic (exact) mass is 448 g/mol. The van der Waals surface area contributed by atoms with E-state index in [-0.39, 0.29) is 27.8 Å². The molecular weight excluding hydrogens is 427 g/mol. The largest absolute Gasteiger partial charge is 0.418 e. The summed E-state index contributed by atoms with van der Waals surface area (Å²) in [4.78, 5) is 7.13. The van der Waals surface area contributed by atoms with Gasteiger partial charge < -0.3 is 4.98 Å². The van der Waals surface area contributed by atoms with Gasteiger partial charge in [0.05, 0.1) is 22.3 Å². The average Bonchev–Trinajstić information content (AvgIpc) is 3.19. The molecule has 0 atom stereocenters. The number of hydrogen-bond acceptors (Lipinski definition) is 2. The first-order valence-electron chi connectivity index (χ1n) is 9.89. The van der Waals surface area contributed by atoms with Crippen LogP contribution in [-0.2, 0) is 18.6 Å². The van der Waals surface area contributed by atoms with Crippen LogP contribution in [0.3, 0.4) is 0 Å². The summed E-state index contributed by atoms with van der Waals surface area (Å²) in [5.41, 5.74) is -0.303. The van der Waals surface area contributed by atoms with Crippen LogP contribution in [0.5, 0.6) is 0 Å². The molecule has 0 radical (unpaired) electrons. The van der Waals surface area contributed by atoms with Crippen molar-refractivity contribution in [3.05, 3.63) is 58.8 Å². The number of imidazole rings is 1. The summed E-state index contributed by atoms with van der Waals surface area (Å²) in [6.07, 6.45) is -4.78. The fraction of sp³-hybridized carbons (Fsp3) is 0.304. The van der Waals surface area contributed by atoms with Crippen molar-refractivity contribution in [2.75, 3.05) is 0 Å². The molecule has 0 unspecified atom stereocenters. The number of rotatable bonds is 2. The Hall–Kier alpha value is -3.23. The second-order valence-corrected chi connectivity index (χ2v) is 8.80. The molecule has 0 aliphatic rings. The molecule has 168 valence electrons. The summed E-state index contributed by atoms with van der Waals surface area (Å²) in [6.45, 7) is 7.80. The molecular formula is C23H21F5N4. The number of aryl methyl sites for hydroxylation is 1. The fourth-order valence-corrected chi connectivity index (χ4v) is 4.04. The van der Waals surface area contributed by atoms with Crippen LogP contribution >= 0.6 is 0 Å². The number of fused-ring (bicyclic) bond motifs is 1. The minimum Gasteiger partial charge on any atom is -0.337 e. The minimum atomic E-state index is -4.78. The molecule has 0 aliphatic carbocycles. The fourth-order valence-electron chi connectivity index (χ4n) is 4.04. The lowest BCUT2D eigenvalue weighted by Crippen LogP contribution is -2.13. The van der Waals surface area contributed by atoms with Crippen LogP contribution in [0.4, 0.5) is 22.0 Å². The highest BCUT2D eigenvalue weighted by Gasteiger charge is 2.35. The lowest BCUT2D eigenvalue weighted by Gasteiger charge is -2.16. The number of benzene rings is 2. The molecule has 32 heavy (non-hydrogen) atoms. The van der Waals surface area contributed by atoms with Gasteiger partial charge in [-0.05, 0) is 36.8 Å². The Morgan fingerprint density at radius 3 is 2.16 bits per heavy atom. The summed E-state index contributed by atoms with van der Waals surface area (Å²) in [5.74, 6) is -1.70. The maximum absolute atomic E-state index is 14.3. The normalized spacial score (nSPS) is 12.7. The Balaban J connectivity index is 2.01. The Labute approximate surface area is 181 Å². The number of hydrogen-bond donors (Lipinski definition) is 1. The molecule has 4 rings (SSSR count). The molecule has 2 aromatic heterocycles. The van der Waals surface area contributed by atoms with Crippen LogP contribution in [0.25, 0.3) is 33.7 Å². The second kappa shape index (κ2) is 7.15. The smallest absolute Gasteiger partial charge is 0.337 e. The molecule has 2 aromatic carbocycles. The Morgan fingerprint density at radius 2 is 1.62 bits per heavy atom. The number of nitrogens with one attached hydrogen (secondary N) is 1. The predicted molar refractivity (Wildman–Crippen MR) is 112 cm³/mol. The van der Waals surface area contributed by atoms with E-state index < -0.39 is 28.9 Å². The van der Waals surface area contributed by atoms with E-state index in [1.54, 1.807) is 11.7 Å². The van der Waals surface area contributed by atoms with Gasteiger partial charge in [-0.2, -0.15) is 18.3 Å². The maximum Gasteiger partial charge on any atom is 0.418 e. The van der Waals surface area contributed by atoms with E-state index in [1.165, 1.54) is 6.07 Å². The van der Waals surface area contributed by atoms with E-state index in [9.17, 15) is 22.0 Å². The molecule has 2 heterocycles. The summed E-state index contributed by atoms with van der Waals surface area (Å²) in [5, 5.41) is 4.52. The number of H-pyrrole nitrogens is 1. The standard InChI is InChI=1S/C23H21F5N4/c1-11-19(32(5)31-20(11)22(2,3)4)21-29-16-10-12(17-14(24)7-6-8-15(17)25)9-13(18(16)30-21)23(26,27)28/h6-10H,1-5H3,(H,29,30). The van der Waals surface area contributed by atoms with Crippen LogP contribution in [0.15, 0.2) is 30.3 Å². The zero-order valence-corrected chi connectivity index (χ0v) is 18.1. The highest BCUT2D eigenvalue weighted by molar-refractivity contribution is 5.88. The van der Waals surface area contributed by atoms with Crippen molar-refractivity contribution in [3.8, 4) is 22.6 Å². The number of halogens is 5. The van der Waals surface area contributed by atoms with Crippen LogP contribution < -0.4 is 0 Å². The summed E-state index contributed by atoms with van der Waals surface area (Å²) in [6, 6.07) is 5.16. The van der Waals surface area contributed by atoms with Crippen molar-refractivity contribution in [1.29, 1.82) is 0 Å². The van der Waals surface area contributed by atoms with Crippen molar-refractivity contribution in [3.63, 3.8) is 0 Å². The third-order valence-corrected chi connectivity index (χ3v) is 5.36. The Bertz CT molecular complexity index is 1320. The van der Waals surface area contributed by atoms with Crippen LogP contribution in [-0.4, -0.2) is 19.7 Å². The zero-order valence-electron chi connectivity index (χ0n) is 18.1. The maximum atomic E-state index is 14.3. The summed E-state index contributed by atoms with van der Waals surface area (Å²) >= 11 is 0. The topological polar surface area (TPSA) is 46.5 Å². The SMILES string of the molecule is Cc1c(C(C)(C)C)nn(C)c1-c1nc2c(C(F)(F)F)cc(-c3c(F)cccc3F)cc2[nH]1. The minimum absolute atomic E-state index is 0.0189. The number of nitrogens with zero attached hydrogens (tertiary/aromatic N) is 3. The molecule has 0 saturated carbocycles. The van der Waals surface area contributed by atoms with Gasteiger partial charge in [-0.1, -0.05) is 26.8 Å². The van der Waals surface area contributed by atoms with E-state index >= 15 is 0 Å². The molecule has 0 amide bonds. The van der Waals surface area contributed by atoms with Crippen molar-refractivity contribution < 1.29 is 22.0 Å². The molecule has 0 fully saturated rings. The Kier molecular flexibility index (Phi) is 4.91.